The second-order valence-corrected chi connectivity index (χ2v) is 3.65. The number of benzene rings is 1. The molecule has 0 atom stereocenters. The van der Waals surface area contributed by atoms with Crippen molar-refractivity contribution in [2.24, 2.45) is 0 Å². The lowest BCUT2D eigenvalue weighted by molar-refractivity contribution is 0.409. The Labute approximate surface area is 90.3 Å². The molecule has 14 heavy (non-hydrogen) atoms. The fraction of sp³-hybridized carbons (Fsp3) is 0.333. The molecule has 0 bridgehead atoms. The van der Waals surface area contributed by atoms with Gasteiger partial charge in [0.2, 0.25) is 0 Å². The molecule has 1 aromatic carbocycles. The van der Waals surface area contributed by atoms with E-state index in [1.54, 1.807) is 7.11 Å². The first-order chi connectivity index (χ1) is 6.69. The second kappa shape index (κ2) is 5.06. The molecule has 0 aliphatic rings. The van der Waals surface area contributed by atoms with Crippen molar-refractivity contribution in [1.29, 1.82) is 0 Å². The first-order valence-electron chi connectivity index (χ1n) is 4.63. The van der Waals surface area contributed by atoms with Crippen LogP contribution in [0.2, 0.25) is 5.02 Å². The summed E-state index contributed by atoms with van der Waals surface area (Å²) in [4.78, 5) is 0. The Morgan fingerprint density at radius 3 is 2.79 bits per heavy atom. The average molecular weight is 211 g/mol. The molecule has 0 fully saturated rings. The van der Waals surface area contributed by atoms with Crippen molar-refractivity contribution in [3.05, 3.63) is 40.9 Å². The highest BCUT2D eigenvalue weighted by molar-refractivity contribution is 6.31. The predicted molar refractivity (Wildman–Crippen MR) is 61.3 cm³/mol. The van der Waals surface area contributed by atoms with Crippen molar-refractivity contribution >= 4 is 11.6 Å². The van der Waals surface area contributed by atoms with Crippen LogP contribution in [-0.2, 0) is 6.42 Å². The minimum atomic E-state index is 0.796. The highest BCUT2D eigenvalue weighted by Gasteiger charge is 2.05. The maximum atomic E-state index is 6.04. The summed E-state index contributed by atoms with van der Waals surface area (Å²) in [5, 5.41) is 0.796. The van der Waals surface area contributed by atoms with Crippen LogP contribution in [-0.4, -0.2) is 7.11 Å². The highest BCUT2D eigenvalue weighted by atomic mass is 35.5. The van der Waals surface area contributed by atoms with Gasteiger partial charge < -0.3 is 4.74 Å². The molecule has 0 aliphatic heterocycles. The Morgan fingerprint density at radius 2 is 2.21 bits per heavy atom. The topological polar surface area (TPSA) is 9.23 Å². The van der Waals surface area contributed by atoms with E-state index in [2.05, 4.69) is 6.58 Å². The van der Waals surface area contributed by atoms with Gasteiger partial charge >= 0.3 is 0 Å². The summed E-state index contributed by atoms with van der Waals surface area (Å²) in [6.45, 7) is 5.67. The number of hydrogen-bond acceptors (Lipinski definition) is 1. The molecule has 1 rings (SSSR count). The van der Waals surface area contributed by atoms with Gasteiger partial charge in [0.25, 0.3) is 0 Å². The standard InChI is InChI=1S/C12H15ClO/c1-4-5-6-10-8-11(13)9(2)7-12(10)14-3/h4,7-8H,1,5-6H2,2-3H3. The molecule has 0 aliphatic carbocycles. The van der Waals surface area contributed by atoms with Gasteiger partial charge in [0.1, 0.15) is 5.75 Å². The molecule has 0 heterocycles. The van der Waals surface area contributed by atoms with Crippen LogP contribution in [0.1, 0.15) is 17.5 Å². The quantitative estimate of drug-likeness (QED) is 0.688. The van der Waals surface area contributed by atoms with Crippen LogP contribution in [0.5, 0.6) is 5.75 Å². The minimum absolute atomic E-state index is 0.796. The zero-order valence-corrected chi connectivity index (χ0v) is 9.40. The van der Waals surface area contributed by atoms with Gasteiger partial charge in [-0.25, -0.2) is 0 Å². The first-order valence-corrected chi connectivity index (χ1v) is 5.00. The van der Waals surface area contributed by atoms with Crippen LogP contribution in [0.3, 0.4) is 0 Å². The van der Waals surface area contributed by atoms with E-state index >= 15 is 0 Å². The van der Waals surface area contributed by atoms with Crippen molar-refractivity contribution in [1.82, 2.24) is 0 Å². The third-order valence-corrected chi connectivity index (χ3v) is 2.59. The fourth-order valence-corrected chi connectivity index (χ4v) is 1.53. The number of hydrogen-bond donors (Lipinski definition) is 0. The Morgan fingerprint density at radius 1 is 1.50 bits per heavy atom. The Bertz CT molecular complexity index is 331. The van der Waals surface area contributed by atoms with Crippen molar-refractivity contribution < 1.29 is 4.74 Å². The van der Waals surface area contributed by atoms with Crippen LogP contribution < -0.4 is 4.74 Å². The van der Waals surface area contributed by atoms with Gasteiger partial charge in [0.05, 0.1) is 7.11 Å². The number of aryl methyl sites for hydroxylation is 2. The van der Waals surface area contributed by atoms with Crippen molar-refractivity contribution in [2.45, 2.75) is 19.8 Å². The molecule has 0 spiro atoms. The zero-order chi connectivity index (χ0) is 10.6. The zero-order valence-electron chi connectivity index (χ0n) is 8.64. The van der Waals surface area contributed by atoms with E-state index in [0.717, 1.165) is 34.7 Å². The lowest BCUT2D eigenvalue weighted by Gasteiger charge is -2.09. The molecule has 0 unspecified atom stereocenters. The number of halogens is 1. The van der Waals surface area contributed by atoms with Gasteiger partial charge in [-0.3, -0.25) is 0 Å². The molecule has 1 nitrogen and oxygen atoms in total. The van der Waals surface area contributed by atoms with E-state index in [1.807, 2.05) is 25.1 Å². The second-order valence-electron chi connectivity index (χ2n) is 3.24. The molecule has 0 aromatic heterocycles. The highest BCUT2D eigenvalue weighted by Crippen LogP contribution is 2.27. The monoisotopic (exact) mass is 210 g/mol. The number of methoxy groups -OCH3 is 1. The summed E-state index contributed by atoms with van der Waals surface area (Å²) in [5.41, 5.74) is 2.19. The lowest BCUT2D eigenvalue weighted by atomic mass is 10.1. The van der Waals surface area contributed by atoms with E-state index in [0.29, 0.717) is 0 Å². The molecule has 76 valence electrons. The Hall–Kier alpha value is -0.950. The molecule has 0 saturated carbocycles. The van der Waals surface area contributed by atoms with Gasteiger partial charge in [0, 0.05) is 5.02 Å². The third kappa shape index (κ3) is 2.52. The summed E-state index contributed by atoms with van der Waals surface area (Å²) < 4.78 is 5.29. The lowest BCUT2D eigenvalue weighted by Crippen LogP contribution is -1.93. The molecule has 1 aromatic rings. The van der Waals surface area contributed by atoms with E-state index < -0.39 is 0 Å². The van der Waals surface area contributed by atoms with Crippen LogP contribution in [0.4, 0.5) is 0 Å². The van der Waals surface area contributed by atoms with Gasteiger partial charge in [-0.05, 0) is 43.0 Å². The number of allylic oxidation sites excluding steroid dienone is 1. The SMILES string of the molecule is C=CCCc1cc(Cl)c(C)cc1OC. The largest absolute Gasteiger partial charge is 0.496 e. The van der Waals surface area contributed by atoms with E-state index in [1.165, 1.54) is 0 Å². The predicted octanol–water partition coefficient (Wildman–Crippen LogP) is 3.78. The van der Waals surface area contributed by atoms with Crippen LogP contribution >= 0.6 is 11.6 Å². The number of rotatable bonds is 4. The Balaban J connectivity index is 3.00. The van der Waals surface area contributed by atoms with Gasteiger partial charge in [0.15, 0.2) is 0 Å². The average Bonchev–Trinajstić information content (AvgIpc) is 2.19. The van der Waals surface area contributed by atoms with Crippen molar-refractivity contribution in [3.63, 3.8) is 0 Å². The smallest absolute Gasteiger partial charge is 0.122 e. The van der Waals surface area contributed by atoms with Crippen LogP contribution in [0, 0.1) is 6.92 Å². The third-order valence-electron chi connectivity index (χ3n) is 2.18. The maximum Gasteiger partial charge on any atom is 0.122 e. The molecule has 0 saturated heterocycles. The first kappa shape index (κ1) is 11.1. The summed E-state index contributed by atoms with van der Waals surface area (Å²) >= 11 is 6.04. The summed E-state index contributed by atoms with van der Waals surface area (Å²) in [7, 11) is 1.68. The molecule has 0 radical (unpaired) electrons. The summed E-state index contributed by atoms with van der Waals surface area (Å²) in [5.74, 6) is 0.911. The van der Waals surface area contributed by atoms with Gasteiger partial charge in [-0.1, -0.05) is 17.7 Å². The van der Waals surface area contributed by atoms with Gasteiger partial charge in [-0.15, -0.1) is 6.58 Å². The molecule has 0 N–H and O–H groups in total. The van der Waals surface area contributed by atoms with E-state index in [9.17, 15) is 0 Å². The molecule has 0 amide bonds. The maximum absolute atomic E-state index is 6.04. The van der Waals surface area contributed by atoms with E-state index in [-0.39, 0.29) is 0 Å². The summed E-state index contributed by atoms with van der Waals surface area (Å²) in [6.07, 6.45) is 3.76. The normalized spacial score (nSPS) is 9.93. The molecule has 2 heteroatoms. The van der Waals surface area contributed by atoms with Crippen molar-refractivity contribution in [2.75, 3.05) is 7.11 Å². The Kier molecular flexibility index (Phi) is 4.02. The fourth-order valence-electron chi connectivity index (χ4n) is 1.34. The molecular formula is C12H15ClO. The minimum Gasteiger partial charge on any atom is -0.496 e. The molecular weight excluding hydrogens is 196 g/mol. The van der Waals surface area contributed by atoms with Crippen molar-refractivity contribution in [3.8, 4) is 5.75 Å². The van der Waals surface area contributed by atoms with E-state index in [4.69, 9.17) is 16.3 Å². The van der Waals surface area contributed by atoms with Crippen LogP contribution in [0.15, 0.2) is 24.8 Å². The van der Waals surface area contributed by atoms with Gasteiger partial charge in [-0.2, -0.15) is 0 Å². The number of ether oxygens (including phenoxy) is 1. The van der Waals surface area contributed by atoms with Crippen LogP contribution in [0.25, 0.3) is 0 Å². The summed E-state index contributed by atoms with van der Waals surface area (Å²) in [6, 6.07) is 3.94.